The van der Waals surface area contributed by atoms with E-state index in [1.54, 1.807) is 25.1 Å². The molecular formula is C12H10Cl2N2O3. The fourth-order valence-corrected chi connectivity index (χ4v) is 1.66. The number of hydrogen-bond acceptors (Lipinski definition) is 4. The normalized spacial score (nSPS) is 10.3. The van der Waals surface area contributed by atoms with Crippen LogP contribution in [0.4, 0.5) is 5.88 Å². The molecule has 5 nitrogen and oxygen atoms in total. The maximum absolute atomic E-state index is 11.6. The van der Waals surface area contributed by atoms with Crippen LogP contribution in [0.3, 0.4) is 0 Å². The van der Waals surface area contributed by atoms with Crippen LogP contribution in [0.2, 0.25) is 10.0 Å². The molecule has 0 radical (unpaired) electrons. The van der Waals surface area contributed by atoms with Crippen LogP contribution < -0.4 is 10.1 Å². The van der Waals surface area contributed by atoms with E-state index in [0.29, 0.717) is 21.5 Å². The molecular weight excluding hydrogens is 291 g/mol. The first kappa shape index (κ1) is 13.7. The lowest BCUT2D eigenvalue weighted by Crippen LogP contribution is -2.19. The Balaban J connectivity index is 1.91. The zero-order valence-corrected chi connectivity index (χ0v) is 11.5. The average molecular weight is 301 g/mol. The van der Waals surface area contributed by atoms with Crippen molar-refractivity contribution in [2.75, 3.05) is 11.9 Å². The second-order valence-electron chi connectivity index (χ2n) is 3.74. The summed E-state index contributed by atoms with van der Waals surface area (Å²) in [6.45, 7) is 1.54. The zero-order chi connectivity index (χ0) is 13.8. The summed E-state index contributed by atoms with van der Waals surface area (Å²) in [6, 6.07) is 6.37. The molecule has 0 saturated carbocycles. The monoisotopic (exact) mass is 300 g/mol. The van der Waals surface area contributed by atoms with Crippen molar-refractivity contribution in [3.8, 4) is 5.75 Å². The Kier molecular flexibility index (Phi) is 4.29. The molecule has 0 spiro atoms. The molecule has 2 aromatic rings. The van der Waals surface area contributed by atoms with Gasteiger partial charge in [-0.25, -0.2) is 0 Å². The highest BCUT2D eigenvalue weighted by Gasteiger charge is 2.09. The maximum Gasteiger partial charge on any atom is 0.264 e. The Bertz CT molecular complexity index is 598. The summed E-state index contributed by atoms with van der Waals surface area (Å²) in [7, 11) is 0. The zero-order valence-electron chi connectivity index (χ0n) is 9.94. The van der Waals surface area contributed by atoms with E-state index >= 15 is 0 Å². The molecule has 1 aromatic carbocycles. The third-order valence-corrected chi connectivity index (χ3v) is 2.69. The quantitative estimate of drug-likeness (QED) is 0.941. The Morgan fingerprint density at radius 2 is 2.21 bits per heavy atom. The lowest BCUT2D eigenvalue weighted by Gasteiger charge is -2.07. The smallest absolute Gasteiger partial charge is 0.264 e. The number of aryl methyl sites for hydroxylation is 1. The number of carbonyl (C=O) groups is 1. The molecule has 0 aliphatic heterocycles. The molecule has 0 atom stereocenters. The van der Waals surface area contributed by atoms with Gasteiger partial charge in [-0.1, -0.05) is 28.4 Å². The number of ether oxygens (including phenoxy) is 1. The highest BCUT2D eigenvalue weighted by molar-refractivity contribution is 6.34. The molecule has 0 saturated heterocycles. The predicted octanol–water partition coefficient (Wildman–Crippen LogP) is 3.31. The van der Waals surface area contributed by atoms with E-state index in [1.807, 2.05) is 0 Å². The minimum absolute atomic E-state index is 0.209. The van der Waals surface area contributed by atoms with Gasteiger partial charge < -0.3 is 9.26 Å². The van der Waals surface area contributed by atoms with Crippen molar-refractivity contribution in [2.45, 2.75) is 6.92 Å². The van der Waals surface area contributed by atoms with Crippen molar-refractivity contribution >= 4 is 35.0 Å². The van der Waals surface area contributed by atoms with Gasteiger partial charge in [-0.3, -0.25) is 10.1 Å². The molecule has 0 bridgehead atoms. The van der Waals surface area contributed by atoms with E-state index in [9.17, 15) is 4.79 Å². The van der Waals surface area contributed by atoms with Gasteiger partial charge in [-0.2, -0.15) is 0 Å². The highest BCUT2D eigenvalue weighted by Crippen LogP contribution is 2.27. The summed E-state index contributed by atoms with van der Waals surface area (Å²) < 4.78 is 10.1. The molecule has 7 heteroatoms. The number of aromatic nitrogens is 1. The average Bonchev–Trinajstić information content (AvgIpc) is 2.76. The lowest BCUT2D eigenvalue weighted by molar-refractivity contribution is -0.118. The summed E-state index contributed by atoms with van der Waals surface area (Å²) in [5.41, 5.74) is 0.675. The van der Waals surface area contributed by atoms with Crippen molar-refractivity contribution in [2.24, 2.45) is 0 Å². The Morgan fingerprint density at radius 3 is 2.89 bits per heavy atom. The van der Waals surface area contributed by atoms with Gasteiger partial charge >= 0.3 is 0 Å². The van der Waals surface area contributed by atoms with Crippen LogP contribution in [0.1, 0.15) is 5.69 Å². The molecule has 19 heavy (non-hydrogen) atoms. The van der Waals surface area contributed by atoms with E-state index in [4.69, 9.17) is 32.5 Å². The highest BCUT2D eigenvalue weighted by atomic mass is 35.5. The number of rotatable bonds is 4. The number of nitrogens with one attached hydrogen (secondary N) is 1. The minimum Gasteiger partial charge on any atom is -0.482 e. The molecule has 0 unspecified atom stereocenters. The number of amides is 1. The fraction of sp³-hybridized carbons (Fsp3) is 0.167. The molecule has 1 heterocycles. The topological polar surface area (TPSA) is 64.4 Å². The van der Waals surface area contributed by atoms with Crippen LogP contribution in [0.25, 0.3) is 0 Å². The summed E-state index contributed by atoms with van der Waals surface area (Å²) in [5, 5.41) is 7.00. The van der Waals surface area contributed by atoms with Crippen molar-refractivity contribution in [1.29, 1.82) is 0 Å². The second kappa shape index (κ2) is 5.95. The first-order valence-corrected chi connectivity index (χ1v) is 6.11. The number of carbonyl (C=O) groups excluding carboxylic acids is 1. The Hall–Kier alpha value is -1.72. The molecule has 0 aliphatic rings. The summed E-state index contributed by atoms with van der Waals surface area (Å²) in [5.74, 6) is 0.230. The van der Waals surface area contributed by atoms with Crippen molar-refractivity contribution in [3.05, 3.63) is 40.0 Å². The third kappa shape index (κ3) is 3.87. The number of benzene rings is 1. The standard InChI is InChI=1S/C12H10Cl2N2O3/c1-7-4-12(19-16-7)15-11(17)6-18-10-5-8(13)2-3-9(10)14/h2-5H,6H2,1H3,(H,15,17). The van der Waals surface area contributed by atoms with Gasteiger partial charge in [0.15, 0.2) is 6.61 Å². The third-order valence-electron chi connectivity index (χ3n) is 2.14. The number of nitrogens with zero attached hydrogens (tertiary/aromatic N) is 1. The van der Waals surface area contributed by atoms with Crippen LogP contribution in [0.5, 0.6) is 5.75 Å². The second-order valence-corrected chi connectivity index (χ2v) is 4.59. The van der Waals surface area contributed by atoms with Crippen LogP contribution in [0.15, 0.2) is 28.8 Å². The van der Waals surface area contributed by atoms with Crippen LogP contribution in [-0.2, 0) is 4.79 Å². The van der Waals surface area contributed by atoms with E-state index in [2.05, 4.69) is 10.5 Å². The number of anilines is 1. The van der Waals surface area contributed by atoms with Gasteiger partial charge in [-0.15, -0.1) is 0 Å². The van der Waals surface area contributed by atoms with Gasteiger partial charge in [0, 0.05) is 17.2 Å². The van der Waals surface area contributed by atoms with Crippen LogP contribution in [0, 0.1) is 6.92 Å². The van der Waals surface area contributed by atoms with Crippen molar-refractivity contribution in [3.63, 3.8) is 0 Å². The molecule has 1 amide bonds. The molecule has 0 aliphatic carbocycles. The van der Waals surface area contributed by atoms with Gasteiger partial charge in [0.25, 0.3) is 5.91 Å². The summed E-state index contributed by atoms with van der Waals surface area (Å²) in [4.78, 5) is 11.6. The van der Waals surface area contributed by atoms with Gasteiger partial charge in [0.2, 0.25) is 5.88 Å². The van der Waals surface area contributed by atoms with E-state index in [1.165, 1.54) is 6.07 Å². The Labute approximate surface area is 119 Å². The molecule has 0 fully saturated rings. The van der Waals surface area contributed by atoms with Gasteiger partial charge in [-0.05, 0) is 19.1 Å². The van der Waals surface area contributed by atoms with E-state index in [0.717, 1.165) is 0 Å². The van der Waals surface area contributed by atoms with E-state index in [-0.39, 0.29) is 18.4 Å². The van der Waals surface area contributed by atoms with Crippen molar-refractivity contribution in [1.82, 2.24) is 5.16 Å². The minimum atomic E-state index is -0.382. The fourth-order valence-electron chi connectivity index (χ4n) is 1.33. The number of hydrogen-bond donors (Lipinski definition) is 1. The van der Waals surface area contributed by atoms with Crippen molar-refractivity contribution < 1.29 is 14.1 Å². The number of halogens is 2. The largest absolute Gasteiger partial charge is 0.482 e. The predicted molar refractivity (Wildman–Crippen MR) is 71.8 cm³/mol. The maximum atomic E-state index is 11.6. The first-order valence-electron chi connectivity index (χ1n) is 5.35. The molecule has 100 valence electrons. The molecule has 2 rings (SSSR count). The Morgan fingerprint density at radius 1 is 1.42 bits per heavy atom. The molecule has 1 aromatic heterocycles. The first-order chi connectivity index (χ1) is 9.04. The summed E-state index contributed by atoms with van der Waals surface area (Å²) >= 11 is 11.7. The van der Waals surface area contributed by atoms with Crippen LogP contribution >= 0.6 is 23.2 Å². The summed E-state index contributed by atoms with van der Waals surface area (Å²) in [6.07, 6.45) is 0. The lowest BCUT2D eigenvalue weighted by atomic mass is 10.3. The SMILES string of the molecule is Cc1cc(NC(=O)COc2cc(Cl)ccc2Cl)on1. The van der Waals surface area contributed by atoms with E-state index < -0.39 is 0 Å². The van der Waals surface area contributed by atoms with Crippen LogP contribution in [-0.4, -0.2) is 17.7 Å². The van der Waals surface area contributed by atoms with Gasteiger partial charge in [0.05, 0.1) is 10.7 Å². The molecule has 1 N–H and O–H groups in total. The van der Waals surface area contributed by atoms with Gasteiger partial charge in [0.1, 0.15) is 5.75 Å².